The molecule has 3 fully saturated rings. The summed E-state index contributed by atoms with van der Waals surface area (Å²) in [4.78, 5) is 28.3. The highest BCUT2D eigenvalue weighted by atomic mass is 16.5. The number of nitrogens with one attached hydrogen (secondary N) is 1. The van der Waals surface area contributed by atoms with Crippen molar-refractivity contribution >= 4 is 11.8 Å². The van der Waals surface area contributed by atoms with E-state index in [1.54, 1.807) is 26.4 Å². The Morgan fingerprint density at radius 1 is 0.903 bits per heavy atom. The minimum Gasteiger partial charge on any atom is -0.497 e. The van der Waals surface area contributed by atoms with Crippen LogP contribution in [0.1, 0.15) is 41.6 Å². The Kier molecular flexibility index (Phi) is 4.59. The Morgan fingerprint density at radius 3 is 2.06 bits per heavy atom. The fourth-order valence-corrected chi connectivity index (χ4v) is 5.06. The van der Waals surface area contributed by atoms with Crippen molar-refractivity contribution in [3.63, 3.8) is 0 Å². The second-order valence-corrected chi connectivity index (χ2v) is 9.07. The summed E-state index contributed by atoms with van der Waals surface area (Å²) >= 11 is 0. The van der Waals surface area contributed by atoms with Gasteiger partial charge in [-0.05, 0) is 55.5 Å². The maximum atomic E-state index is 13.5. The van der Waals surface area contributed by atoms with Crippen molar-refractivity contribution in [3.05, 3.63) is 65.7 Å². The molecule has 0 aromatic heterocycles. The van der Waals surface area contributed by atoms with Crippen LogP contribution in [0.25, 0.3) is 0 Å². The first kappa shape index (κ1) is 20.1. The van der Waals surface area contributed by atoms with Crippen LogP contribution < -0.4 is 10.1 Å². The quantitative estimate of drug-likeness (QED) is 0.748. The highest BCUT2D eigenvalue weighted by Crippen LogP contribution is 2.55. The third kappa shape index (κ3) is 3.12. The molecule has 6 heteroatoms. The summed E-state index contributed by atoms with van der Waals surface area (Å²) in [6.45, 7) is 0.965. The van der Waals surface area contributed by atoms with Crippen molar-refractivity contribution in [1.29, 1.82) is 0 Å². The molecule has 3 aliphatic rings. The number of carbonyl (C=O) groups excluding carboxylic acids is 2. The normalized spacial score (nSPS) is 21.5. The summed E-state index contributed by atoms with van der Waals surface area (Å²) in [7, 11) is 3.34. The van der Waals surface area contributed by atoms with Crippen LogP contribution in [0.2, 0.25) is 0 Å². The first-order valence-corrected chi connectivity index (χ1v) is 10.8. The van der Waals surface area contributed by atoms with Crippen LogP contribution in [0.5, 0.6) is 5.75 Å². The van der Waals surface area contributed by atoms with Crippen LogP contribution in [-0.4, -0.2) is 55.2 Å². The Morgan fingerprint density at radius 2 is 1.55 bits per heavy atom. The minimum absolute atomic E-state index is 0.118. The molecule has 1 N–H and O–H groups in total. The summed E-state index contributed by atoms with van der Waals surface area (Å²) in [5.41, 5.74) is 0.296. The van der Waals surface area contributed by atoms with E-state index in [1.807, 2.05) is 47.4 Å². The minimum atomic E-state index is -0.541. The van der Waals surface area contributed by atoms with Crippen molar-refractivity contribution < 1.29 is 19.1 Å². The van der Waals surface area contributed by atoms with Gasteiger partial charge in [-0.1, -0.05) is 30.3 Å². The van der Waals surface area contributed by atoms with Gasteiger partial charge in [0.1, 0.15) is 11.3 Å². The average Bonchev–Trinajstić information content (AvgIpc) is 3.70. The topological polar surface area (TPSA) is 67.9 Å². The molecule has 2 aliphatic carbocycles. The molecule has 0 radical (unpaired) electrons. The van der Waals surface area contributed by atoms with Gasteiger partial charge in [-0.15, -0.1) is 0 Å². The number of ether oxygens (including phenoxy) is 2. The van der Waals surface area contributed by atoms with Gasteiger partial charge in [-0.3, -0.25) is 9.59 Å². The number of amides is 2. The lowest BCUT2D eigenvalue weighted by Gasteiger charge is -2.55. The molecule has 162 valence electrons. The summed E-state index contributed by atoms with van der Waals surface area (Å²) < 4.78 is 11.1. The van der Waals surface area contributed by atoms with Crippen molar-refractivity contribution in [3.8, 4) is 5.75 Å². The predicted octanol–water partition coefficient (Wildman–Crippen LogP) is 2.92. The zero-order valence-electron chi connectivity index (χ0n) is 18.0. The van der Waals surface area contributed by atoms with Crippen molar-refractivity contribution in [2.75, 3.05) is 27.3 Å². The van der Waals surface area contributed by atoms with Gasteiger partial charge in [0.05, 0.1) is 18.1 Å². The van der Waals surface area contributed by atoms with Crippen molar-refractivity contribution in [1.82, 2.24) is 10.2 Å². The number of rotatable bonds is 7. The van der Waals surface area contributed by atoms with Crippen molar-refractivity contribution in [2.45, 2.75) is 42.2 Å². The number of carbonyl (C=O) groups is 2. The Labute approximate surface area is 182 Å². The number of methoxy groups -OCH3 is 2. The van der Waals surface area contributed by atoms with E-state index in [0.717, 1.165) is 37.0 Å². The zero-order chi connectivity index (χ0) is 21.7. The second-order valence-electron chi connectivity index (χ2n) is 9.07. The molecule has 0 unspecified atom stereocenters. The van der Waals surface area contributed by atoms with Crippen LogP contribution in [0.4, 0.5) is 0 Å². The largest absolute Gasteiger partial charge is 0.497 e. The lowest BCUT2D eigenvalue weighted by Crippen LogP contribution is -2.78. The zero-order valence-corrected chi connectivity index (χ0v) is 18.0. The molecule has 2 aromatic rings. The van der Waals surface area contributed by atoms with E-state index in [9.17, 15) is 9.59 Å². The molecule has 31 heavy (non-hydrogen) atoms. The smallest absolute Gasteiger partial charge is 0.251 e. The molecule has 1 aliphatic heterocycles. The predicted molar refractivity (Wildman–Crippen MR) is 116 cm³/mol. The summed E-state index contributed by atoms with van der Waals surface area (Å²) in [5, 5.41) is 3.24. The van der Waals surface area contributed by atoms with Crippen LogP contribution in [-0.2, 0) is 14.9 Å². The van der Waals surface area contributed by atoms with Gasteiger partial charge in [0.2, 0.25) is 5.91 Å². The summed E-state index contributed by atoms with van der Waals surface area (Å²) in [6.07, 6.45) is 3.50. The van der Waals surface area contributed by atoms with Gasteiger partial charge in [0.25, 0.3) is 5.91 Å². The van der Waals surface area contributed by atoms with E-state index < -0.39 is 11.0 Å². The fraction of sp³-hybridized carbons (Fsp3) is 0.440. The van der Waals surface area contributed by atoms with Gasteiger partial charge in [-0.25, -0.2) is 0 Å². The lowest BCUT2D eigenvalue weighted by atomic mass is 9.79. The first-order chi connectivity index (χ1) is 15.0. The summed E-state index contributed by atoms with van der Waals surface area (Å²) in [5.74, 6) is 0.816. The highest BCUT2D eigenvalue weighted by Gasteiger charge is 2.68. The Balaban J connectivity index is 1.34. The number of nitrogens with zero attached hydrogens (tertiary/aromatic N) is 1. The molecule has 0 atom stereocenters. The number of benzene rings is 2. The SMILES string of the molecule is COc1ccc(C2(C(=O)N3CC(NC(=O)c4ccccc4)(C4(OC)CC4)C3)CC2)cc1. The number of hydrogen-bond donors (Lipinski definition) is 1. The van der Waals surface area contributed by atoms with E-state index in [-0.39, 0.29) is 17.4 Å². The summed E-state index contributed by atoms with van der Waals surface area (Å²) in [6, 6.07) is 17.0. The van der Waals surface area contributed by atoms with Gasteiger partial charge >= 0.3 is 0 Å². The van der Waals surface area contributed by atoms with Gasteiger partial charge in [0.15, 0.2) is 0 Å². The van der Waals surface area contributed by atoms with E-state index >= 15 is 0 Å². The Bertz CT molecular complexity index is 988. The third-order valence-electron chi connectivity index (χ3n) is 7.37. The fourth-order valence-electron chi connectivity index (χ4n) is 5.06. The molecular formula is C25H28N2O4. The molecule has 2 amide bonds. The molecule has 0 bridgehead atoms. The van der Waals surface area contributed by atoms with Crippen LogP contribution in [0.3, 0.4) is 0 Å². The first-order valence-electron chi connectivity index (χ1n) is 10.8. The van der Waals surface area contributed by atoms with Gasteiger partial charge < -0.3 is 19.7 Å². The molecule has 1 saturated heterocycles. The van der Waals surface area contributed by atoms with E-state index in [2.05, 4.69) is 5.32 Å². The number of hydrogen-bond acceptors (Lipinski definition) is 4. The molecule has 1 heterocycles. The lowest BCUT2D eigenvalue weighted by molar-refractivity contribution is -0.151. The van der Waals surface area contributed by atoms with Crippen molar-refractivity contribution in [2.24, 2.45) is 0 Å². The second kappa shape index (κ2) is 7.09. The maximum Gasteiger partial charge on any atom is 0.251 e. The van der Waals surface area contributed by atoms with Gasteiger partial charge in [0, 0.05) is 25.8 Å². The van der Waals surface area contributed by atoms with Gasteiger partial charge in [-0.2, -0.15) is 0 Å². The standard InChI is InChI=1S/C25H28N2O4/c1-30-20-10-8-19(9-11-20)23(12-13-23)22(29)27-16-24(17-27,25(31-2)14-15-25)26-21(28)18-6-4-3-5-7-18/h3-11H,12-17H2,1-2H3,(H,26,28). The molecule has 6 nitrogen and oxygen atoms in total. The van der Waals surface area contributed by atoms with Crippen LogP contribution in [0, 0.1) is 0 Å². The van der Waals surface area contributed by atoms with E-state index in [4.69, 9.17) is 9.47 Å². The van der Waals surface area contributed by atoms with Crippen LogP contribution in [0.15, 0.2) is 54.6 Å². The maximum absolute atomic E-state index is 13.5. The molecule has 2 aromatic carbocycles. The third-order valence-corrected chi connectivity index (χ3v) is 7.37. The molecule has 0 spiro atoms. The number of likely N-dealkylation sites (tertiary alicyclic amines) is 1. The van der Waals surface area contributed by atoms with E-state index in [0.29, 0.717) is 18.7 Å². The Hall–Kier alpha value is -2.86. The van der Waals surface area contributed by atoms with E-state index in [1.165, 1.54) is 0 Å². The monoisotopic (exact) mass is 420 g/mol. The average molecular weight is 421 g/mol. The highest BCUT2D eigenvalue weighted by molar-refractivity contribution is 5.96. The molecule has 5 rings (SSSR count). The van der Waals surface area contributed by atoms with Crippen LogP contribution >= 0.6 is 0 Å². The molecular weight excluding hydrogens is 392 g/mol. The molecule has 2 saturated carbocycles.